The Bertz CT molecular complexity index is 564. The van der Waals surface area contributed by atoms with Crippen LogP contribution in [0.4, 0.5) is 5.69 Å². The van der Waals surface area contributed by atoms with Crippen LogP contribution in [0.1, 0.15) is 42.5 Å². The minimum Gasteiger partial charge on any atom is -0.487 e. The molecule has 1 aliphatic carbocycles. The third-order valence-corrected chi connectivity index (χ3v) is 3.75. The van der Waals surface area contributed by atoms with Crippen LogP contribution in [0.15, 0.2) is 42.5 Å². The molecule has 22 heavy (non-hydrogen) atoms. The lowest BCUT2D eigenvalue weighted by Gasteiger charge is -2.13. The second kappa shape index (κ2) is 8.27. The normalized spacial score (nSPS) is 14.1. The molecule has 0 aromatic heterocycles. The van der Waals surface area contributed by atoms with Crippen LogP contribution >= 0.6 is 0 Å². The topological polar surface area (TPSA) is 64.3 Å². The molecule has 0 fully saturated rings. The number of amides is 1. The van der Waals surface area contributed by atoms with E-state index in [1.54, 1.807) is 24.3 Å². The van der Waals surface area contributed by atoms with Crippen molar-refractivity contribution in [1.82, 2.24) is 5.32 Å². The van der Waals surface area contributed by atoms with Crippen LogP contribution in [0, 0.1) is 0 Å². The van der Waals surface area contributed by atoms with Crippen LogP contribution in [-0.2, 0) is 0 Å². The minimum absolute atomic E-state index is 0.0973. The van der Waals surface area contributed by atoms with Crippen molar-refractivity contribution >= 4 is 11.6 Å². The van der Waals surface area contributed by atoms with Crippen molar-refractivity contribution in [2.24, 2.45) is 0 Å². The smallest absolute Gasteiger partial charge is 0.251 e. The van der Waals surface area contributed by atoms with E-state index >= 15 is 0 Å². The summed E-state index contributed by atoms with van der Waals surface area (Å²) in [5, 5.41) is 2.95. The zero-order valence-corrected chi connectivity index (χ0v) is 12.9. The molecule has 3 N–H and O–H groups in total. The van der Waals surface area contributed by atoms with Gasteiger partial charge in [-0.2, -0.15) is 0 Å². The van der Waals surface area contributed by atoms with Crippen molar-refractivity contribution in [2.75, 3.05) is 18.9 Å². The number of allylic oxidation sites excluding steroid dienone is 1. The molecule has 2 rings (SSSR count). The lowest BCUT2D eigenvalue weighted by atomic mass is 9.97. The molecule has 1 aromatic carbocycles. The third kappa shape index (κ3) is 4.65. The Morgan fingerprint density at radius 1 is 1.41 bits per heavy atom. The van der Waals surface area contributed by atoms with Crippen molar-refractivity contribution in [1.29, 1.82) is 0 Å². The monoisotopic (exact) mass is 300 g/mol. The Labute approximate surface area is 132 Å². The van der Waals surface area contributed by atoms with E-state index in [1.807, 2.05) is 0 Å². The van der Waals surface area contributed by atoms with Gasteiger partial charge in [-0.25, -0.2) is 0 Å². The van der Waals surface area contributed by atoms with Crippen molar-refractivity contribution in [3.63, 3.8) is 0 Å². The van der Waals surface area contributed by atoms with Crippen LogP contribution in [0.5, 0.6) is 5.75 Å². The quantitative estimate of drug-likeness (QED) is 0.599. The lowest BCUT2D eigenvalue weighted by molar-refractivity contribution is 0.0953. The molecular weight excluding hydrogens is 276 g/mol. The molecule has 1 aromatic rings. The van der Waals surface area contributed by atoms with Gasteiger partial charge in [-0.05, 0) is 50.3 Å². The number of hydrogen-bond acceptors (Lipinski definition) is 3. The molecule has 0 atom stereocenters. The first-order chi connectivity index (χ1) is 10.7. The third-order valence-electron chi connectivity index (χ3n) is 3.75. The number of nitrogens with one attached hydrogen (secondary N) is 1. The number of nitrogen functional groups attached to an aromatic ring is 1. The highest BCUT2D eigenvalue weighted by Gasteiger charge is 2.10. The van der Waals surface area contributed by atoms with Gasteiger partial charge in [0, 0.05) is 12.1 Å². The minimum atomic E-state index is -0.0973. The molecule has 0 saturated heterocycles. The average Bonchev–Trinajstić information content (AvgIpc) is 2.55. The molecule has 0 saturated carbocycles. The van der Waals surface area contributed by atoms with Crippen molar-refractivity contribution < 1.29 is 9.53 Å². The van der Waals surface area contributed by atoms with Gasteiger partial charge in [0.15, 0.2) is 0 Å². The number of rotatable bonds is 7. The van der Waals surface area contributed by atoms with Crippen LogP contribution in [-0.4, -0.2) is 19.1 Å². The second-order valence-corrected chi connectivity index (χ2v) is 5.47. The van der Waals surface area contributed by atoms with Gasteiger partial charge in [-0.1, -0.05) is 24.3 Å². The summed E-state index contributed by atoms with van der Waals surface area (Å²) in [5.41, 5.74) is 8.37. The van der Waals surface area contributed by atoms with Gasteiger partial charge < -0.3 is 15.8 Å². The predicted molar refractivity (Wildman–Crippen MR) is 90.0 cm³/mol. The molecule has 4 nitrogen and oxygen atoms in total. The van der Waals surface area contributed by atoms with Crippen molar-refractivity contribution in [3.8, 4) is 5.75 Å². The average molecular weight is 300 g/mol. The molecule has 118 valence electrons. The molecule has 0 heterocycles. The fourth-order valence-electron chi connectivity index (χ4n) is 2.52. The highest BCUT2D eigenvalue weighted by atomic mass is 16.5. The second-order valence-electron chi connectivity index (χ2n) is 5.47. The summed E-state index contributed by atoms with van der Waals surface area (Å²) in [6, 6.07) is 5.08. The van der Waals surface area contributed by atoms with Gasteiger partial charge in [0.1, 0.15) is 12.4 Å². The zero-order chi connectivity index (χ0) is 15.8. The number of hydrogen-bond donors (Lipinski definition) is 2. The van der Waals surface area contributed by atoms with E-state index in [0.717, 1.165) is 12.8 Å². The number of benzene rings is 1. The van der Waals surface area contributed by atoms with E-state index in [2.05, 4.69) is 18.0 Å². The summed E-state index contributed by atoms with van der Waals surface area (Å²) in [6.45, 7) is 4.63. The van der Waals surface area contributed by atoms with E-state index in [4.69, 9.17) is 10.5 Å². The molecule has 1 aliphatic rings. The number of ether oxygens (including phenoxy) is 1. The maximum Gasteiger partial charge on any atom is 0.251 e. The number of carbonyl (C=O) groups is 1. The van der Waals surface area contributed by atoms with Gasteiger partial charge in [0.2, 0.25) is 0 Å². The predicted octanol–water partition coefficient (Wildman–Crippen LogP) is 3.45. The Balaban J connectivity index is 1.88. The molecule has 0 aliphatic heterocycles. The summed E-state index contributed by atoms with van der Waals surface area (Å²) >= 11 is 0. The van der Waals surface area contributed by atoms with Crippen molar-refractivity contribution in [2.45, 2.75) is 32.1 Å². The fraction of sp³-hybridized carbons (Fsp3) is 0.389. The first kappa shape index (κ1) is 16.1. The summed E-state index contributed by atoms with van der Waals surface area (Å²) in [4.78, 5) is 12.2. The first-order valence-corrected chi connectivity index (χ1v) is 7.80. The van der Waals surface area contributed by atoms with Crippen LogP contribution < -0.4 is 15.8 Å². The van der Waals surface area contributed by atoms with E-state index in [-0.39, 0.29) is 5.91 Å². The van der Waals surface area contributed by atoms with Gasteiger partial charge >= 0.3 is 0 Å². The molecule has 0 bridgehead atoms. The Morgan fingerprint density at radius 3 is 3.00 bits per heavy atom. The van der Waals surface area contributed by atoms with Crippen LogP contribution in [0.25, 0.3) is 0 Å². The standard InChI is InChI=1S/C18H24N2O2/c1-2-12-22-17-13-15(8-9-16(17)19)18(21)20-11-10-14-6-4-3-5-7-14/h2,6,8-9,13H,1,3-5,7,10-12,19H2,(H,20,21). The van der Waals surface area contributed by atoms with Crippen LogP contribution in [0.3, 0.4) is 0 Å². The van der Waals surface area contributed by atoms with Crippen molar-refractivity contribution in [3.05, 3.63) is 48.1 Å². The lowest BCUT2D eigenvalue weighted by Crippen LogP contribution is -2.25. The van der Waals surface area contributed by atoms with E-state index in [9.17, 15) is 4.79 Å². The molecule has 0 radical (unpaired) electrons. The molecule has 0 unspecified atom stereocenters. The fourth-order valence-corrected chi connectivity index (χ4v) is 2.52. The highest BCUT2D eigenvalue weighted by Crippen LogP contribution is 2.23. The first-order valence-electron chi connectivity index (χ1n) is 7.80. The zero-order valence-electron chi connectivity index (χ0n) is 12.9. The summed E-state index contributed by atoms with van der Waals surface area (Å²) in [5.74, 6) is 0.419. The van der Waals surface area contributed by atoms with Crippen LogP contribution in [0.2, 0.25) is 0 Å². The molecular formula is C18H24N2O2. The molecule has 1 amide bonds. The maximum atomic E-state index is 12.2. The van der Waals surface area contributed by atoms with E-state index in [0.29, 0.717) is 30.2 Å². The SMILES string of the molecule is C=CCOc1cc(C(=O)NCCC2=CCCCC2)ccc1N. The molecule has 0 spiro atoms. The summed E-state index contributed by atoms with van der Waals surface area (Å²) in [7, 11) is 0. The Morgan fingerprint density at radius 2 is 2.27 bits per heavy atom. The molecule has 4 heteroatoms. The van der Waals surface area contributed by atoms with E-state index < -0.39 is 0 Å². The summed E-state index contributed by atoms with van der Waals surface area (Å²) in [6.07, 6.45) is 9.77. The van der Waals surface area contributed by atoms with E-state index in [1.165, 1.54) is 24.8 Å². The summed E-state index contributed by atoms with van der Waals surface area (Å²) < 4.78 is 5.44. The van der Waals surface area contributed by atoms with Gasteiger partial charge in [-0.15, -0.1) is 0 Å². The number of carbonyl (C=O) groups excluding carboxylic acids is 1. The van der Waals surface area contributed by atoms with Gasteiger partial charge in [-0.3, -0.25) is 4.79 Å². The highest BCUT2D eigenvalue weighted by molar-refractivity contribution is 5.95. The maximum absolute atomic E-state index is 12.2. The Hall–Kier alpha value is -2.23. The van der Waals surface area contributed by atoms with Gasteiger partial charge in [0.25, 0.3) is 5.91 Å². The largest absolute Gasteiger partial charge is 0.487 e. The number of anilines is 1. The number of nitrogens with two attached hydrogens (primary N) is 1. The Kier molecular flexibility index (Phi) is 6.07. The van der Waals surface area contributed by atoms with Gasteiger partial charge in [0.05, 0.1) is 5.69 Å².